The van der Waals surface area contributed by atoms with Gasteiger partial charge in [-0.3, -0.25) is 67.1 Å². The molecular formula is C78H124N20O16. The van der Waals surface area contributed by atoms with Crippen LogP contribution in [0, 0.1) is 35.0 Å². The first-order valence-corrected chi connectivity index (χ1v) is 39.2. The molecule has 632 valence electrons. The van der Waals surface area contributed by atoms with E-state index in [0.717, 1.165) is 0 Å². The molecule has 3 rings (SSSR count). The summed E-state index contributed by atoms with van der Waals surface area (Å²) < 4.78 is 0. The maximum atomic E-state index is 14.5. The molecule has 25 N–H and O–H groups in total. The van der Waals surface area contributed by atoms with Crippen LogP contribution in [0.2, 0.25) is 0 Å². The Labute approximate surface area is 666 Å². The van der Waals surface area contributed by atoms with E-state index in [1.807, 2.05) is 26.8 Å². The molecule has 36 heteroatoms. The van der Waals surface area contributed by atoms with Gasteiger partial charge in [-0.25, -0.2) is 4.79 Å². The van der Waals surface area contributed by atoms with Gasteiger partial charge in [0.1, 0.15) is 72.5 Å². The van der Waals surface area contributed by atoms with E-state index >= 15 is 0 Å². The predicted octanol–water partition coefficient (Wildman–Crippen LogP) is -1.32. The Balaban J connectivity index is 1.81. The molecule has 15 atom stereocenters. The zero-order valence-electron chi connectivity index (χ0n) is 67.6. The number of hydrogen-bond acceptors (Lipinski definition) is 20. The summed E-state index contributed by atoms with van der Waals surface area (Å²) in [6, 6.07) is -2.08. The number of benzene rings is 2. The number of carboxylic acids is 1. The number of aliphatic carboxylic acids is 1. The molecule has 0 fully saturated rings. The fourth-order valence-corrected chi connectivity index (χ4v) is 12.1. The molecule has 0 aliphatic rings. The number of aromatic nitrogens is 1. The minimum Gasteiger partial charge on any atom is -0.480 e. The molecule has 1 heterocycles. The van der Waals surface area contributed by atoms with Crippen LogP contribution in [0.5, 0.6) is 0 Å². The first kappa shape index (κ1) is 97.6. The molecule has 0 saturated carbocycles. The van der Waals surface area contributed by atoms with Crippen LogP contribution in [0.4, 0.5) is 0 Å². The largest absolute Gasteiger partial charge is 0.480 e. The summed E-state index contributed by atoms with van der Waals surface area (Å²) in [6.07, 6.45) is 4.13. The molecule has 14 amide bonds. The Hall–Kier alpha value is -10.6. The number of para-hydroxylation sites is 1. The van der Waals surface area contributed by atoms with Gasteiger partial charge in [-0.1, -0.05) is 98.6 Å². The smallest absolute Gasteiger partial charge is 0.326 e. The van der Waals surface area contributed by atoms with Crippen LogP contribution in [0.25, 0.3) is 10.9 Å². The quantitative estimate of drug-likeness (QED) is 0.0291. The van der Waals surface area contributed by atoms with Crippen LogP contribution in [0.15, 0.2) is 54.7 Å². The van der Waals surface area contributed by atoms with Gasteiger partial charge in [0, 0.05) is 29.9 Å². The summed E-state index contributed by atoms with van der Waals surface area (Å²) >= 11 is 0. The SMILES string of the molecule is CC[C@H](C)[C@H](N)C(=O)N[C@@H](CC(N)=O)C(=O)N[C@@H](Cc1c[nH]c2ccccc12)C(=O)N[C@@H](CCCCN)C(=O)NCC(=O)N[C@H](C(=O)N[C@@H](C)C(=O)N[C@@H](C)C(=O)N[C@@H](Cc1ccc(C#N)cc1)C(=O)N[C@@H](C)C(=O)N[C@@H](CCCCN)C(=O)N[C@@H](CCCCN)C(=O)N[C@@H](CC(C)C)C(=O)N[C@@H](CC(C)C)C(=O)O)[C@@H](C)CC. The molecule has 1 aromatic heterocycles. The number of carbonyl (C=O) groups is 15. The number of nitriles is 1. The van der Waals surface area contributed by atoms with E-state index in [9.17, 15) is 82.3 Å². The van der Waals surface area contributed by atoms with Crippen molar-refractivity contribution in [3.8, 4) is 6.07 Å². The van der Waals surface area contributed by atoms with Crippen molar-refractivity contribution in [3.63, 3.8) is 0 Å². The van der Waals surface area contributed by atoms with E-state index in [-0.39, 0.29) is 87.9 Å². The number of nitrogens with one attached hydrogen (secondary N) is 14. The number of nitrogens with two attached hydrogens (primary N) is 5. The maximum absolute atomic E-state index is 14.5. The number of amides is 14. The third kappa shape index (κ3) is 34.0. The van der Waals surface area contributed by atoms with E-state index < -0.39 is 186 Å². The van der Waals surface area contributed by atoms with Crippen molar-refractivity contribution in [2.75, 3.05) is 26.2 Å². The van der Waals surface area contributed by atoms with Crippen molar-refractivity contribution < 1.29 is 77.0 Å². The van der Waals surface area contributed by atoms with Gasteiger partial charge < -0.3 is 108 Å². The molecule has 0 aliphatic heterocycles. The first-order valence-electron chi connectivity index (χ1n) is 39.2. The molecule has 36 nitrogen and oxygen atoms in total. The monoisotopic (exact) mass is 1600 g/mol. The summed E-state index contributed by atoms with van der Waals surface area (Å²) in [6.45, 7) is 18.1. The highest BCUT2D eigenvalue weighted by Crippen LogP contribution is 2.21. The van der Waals surface area contributed by atoms with Crippen LogP contribution in [0.1, 0.15) is 183 Å². The lowest BCUT2D eigenvalue weighted by Gasteiger charge is -2.28. The Morgan fingerprint density at radius 2 is 0.851 bits per heavy atom. The normalized spacial score (nSPS) is 15.2. The fraction of sp³-hybridized carbons (Fsp3) is 0.615. The van der Waals surface area contributed by atoms with E-state index in [1.165, 1.54) is 32.9 Å². The van der Waals surface area contributed by atoms with Gasteiger partial charge in [0.25, 0.3) is 0 Å². The van der Waals surface area contributed by atoms with Crippen LogP contribution in [0.3, 0.4) is 0 Å². The molecule has 0 spiro atoms. The van der Waals surface area contributed by atoms with Gasteiger partial charge in [-0.2, -0.15) is 5.26 Å². The average Bonchev–Trinajstić information content (AvgIpc) is 1.76. The second-order valence-corrected chi connectivity index (χ2v) is 29.9. The van der Waals surface area contributed by atoms with Gasteiger partial charge in [0.15, 0.2) is 0 Å². The minimum atomic E-state index is -1.55. The summed E-state index contributed by atoms with van der Waals surface area (Å²) in [4.78, 5) is 210. The zero-order chi connectivity index (χ0) is 85.5. The summed E-state index contributed by atoms with van der Waals surface area (Å²) in [5, 5.41) is 53.8. The topological polar surface area (TPSA) is 602 Å². The Morgan fingerprint density at radius 1 is 0.447 bits per heavy atom. The zero-order valence-corrected chi connectivity index (χ0v) is 67.6. The van der Waals surface area contributed by atoms with E-state index in [0.29, 0.717) is 73.4 Å². The molecule has 3 aromatic rings. The van der Waals surface area contributed by atoms with Gasteiger partial charge in [-0.05, 0) is 164 Å². The lowest BCUT2D eigenvalue weighted by atomic mass is 9.98. The highest BCUT2D eigenvalue weighted by molar-refractivity contribution is 6.00. The molecule has 0 unspecified atom stereocenters. The van der Waals surface area contributed by atoms with Gasteiger partial charge in [0.05, 0.1) is 30.6 Å². The number of carboxylic acid groups (broad SMARTS) is 1. The van der Waals surface area contributed by atoms with Crippen LogP contribution >= 0.6 is 0 Å². The van der Waals surface area contributed by atoms with Gasteiger partial charge >= 0.3 is 5.97 Å². The number of nitrogens with zero attached hydrogens (tertiary/aromatic N) is 1. The number of primary amides is 1. The van der Waals surface area contributed by atoms with E-state index in [1.54, 1.807) is 77.2 Å². The van der Waals surface area contributed by atoms with Gasteiger partial charge in [-0.15, -0.1) is 0 Å². The molecule has 2 aromatic carbocycles. The number of fused-ring (bicyclic) bond motifs is 1. The summed E-state index contributed by atoms with van der Waals surface area (Å²) in [5.41, 5.74) is 31.1. The molecule has 0 bridgehead atoms. The Kier molecular flexibility index (Phi) is 43.2. The minimum absolute atomic E-state index is 0.00434. The van der Waals surface area contributed by atoms with Crippen molar-refractivity contribution in [3.05, 3.63) is 71.4 Å². The fourth-order valence-electron chi connectivity index (χ4n) is 12.1. The highest BCUT2D eigenvalue weighted by Gasteiger charge is 2.37. The first-order chi connectivity index (χ1) is 53.9. The summed E-state index contributed by atoms with van der Waals surface area (Å²) in [5.74, 6) is -14.1. The van der Waals surface area contributed by atoms with E-state index in [2.05, 4.69) is 74.1 Å². The third-order valence-electron chi connectivity index (χ3n) is 19.4. The molecule has 114 heavy (non-hydrogen) atoms. The number of aromatic amines is 1. The van der Waals surface area contributed by atoms with Crippen molar-refractivity contribution >= 4 is 99.6 Å². The van der Waals surface area contributed by atoms with Crippen LogP contribution in [-0.4, -0.2) is 203 Å². The number of H-pyrrole nitrogens is 1. The lowest BCUT2D eigenvalue weighted by Crippen LogP contribution is -2.60. The maximum Gasteiger partial charge on any atom is 0.326 e. The van der Waals surface area contributed by atoms with Crippen molar-refractivity contribution in [1.29, 1.82) is 5.26 Å². The number of carbonyl (C=O) groups excluding carboxylic acids is 14. The highest BCUT2D eigenvalue weighted by atomic mass is 16.4. The second-order valence-electron chi connectivity index (χ2n) is 29.9. The van der Waals surface area contributed by atoms with Crippen molar-refractivity contribution in [2.24, 2.45) is 52.3 Å². The average molecular weight is 1600 g/mol. The number of hydrogen-bond donors (Lipinski definition) is 20. The van der Waals surface area contributed by atoms with Crippen LogP contribution < -0.4 is 97.8 Å². The number of rotatable bonds is 53. The van der Waals surface area contributed by atoms with Crippen LogP contribution in [-0.2, 0) is 84.8 Å². The summed E-state index contributed by atoms with van der Waals surface area (Å²) in [7, 11) is 0. The van der Waals surface area contributed by atoms with E-state index in [4.69, 9.17) is 28.7 Å². The van der Waals surface area contributed by atoms with Gasteiger partial charge in [0.2, 0.25) is 82.7 Å². The molecular weight excluding hydrogens is 1470 g/mol. The second kappa shape index (κ2) is 50.5. The van der Waals surface area contributed by atoms with Crippen molar-refractivity contribution in [2.45, 2.75) is 257 Å². The Bertz CT molecular complexity index is 3750. The molecule has 0 saturated heterocycles. The predicted molar refractivity (Wildman–Crippen MR) is 426 cm³/mol. The standard InChI is InChI=1S/C78H124N20O16/c1-12-44(7)64(84)76(111)96-60(38-62(83)99)75(110)95-59(37-51-40-85-53-23-15-14-22-52(51)53)74(109)91-54(24-16-19-31-79)69(104)86-41-63(100)98-65(45(8)13-2)77(112)89-46(9)66(101)87-47(10)68(103)93-58(36-49-27-29-50(39-82)30-28-49)72(107)88-48(11)67(102)90-55(25-17-20-32-80)70(105)92-56(26-18-21-33-81)71(106)94-57(34-42(3)4)73(108)97-61(78(113)114)35-43(5)6/h14-15,22-23,27-30,40,42-48,54-61,64-65,85H,12-13,16-21,24-26,31-38,41,79-81,84H2,1-11H3,(H2,83,99)(H,86,104)(H,87,101)(H,88,107)(H,89,112)(H,90,102)(H,91,109)(H,92,105)(H,93,103)(H,94,106)(H,95,110)(H,96,111)(H,97,108)(H,98,100)(H,113,114)/t44-,45-,46-,47-,48-,54-,55-,56-,57-,58-,59-,60-,61-,64-,65-/m0/s1. The Morgan fingerprint density at radius 3 is 1.35 bits per heavy atom. The molecule has 0 aliphatic carbocycles. The lowest BCUT2D eigenvalue weighted by molar-refractivity contribution is -0.143. The molecule has 0 radical (unpaired) electrons. The third-order valence-corrected chi connectivity index (χ3v) is 19.4. The van der Waals surface area contributed by atoms with Crippen molar-refractivity contribution in [1.82, 2.24) is 74.1 Å². The number of unbranched alkanes of at least 4 members (excludes halogenated alkanes) is 3.